The molecular formula is C16H16O2. The lowest BCUT2D eigenvalue weighted by atomic mass is 9.60. The van der Waals surface area contributed by atoms with Crippen LogP contribution in [0.1, 0.15) is 12.8 Å². The van der Waals surface area contributed by atoms with Crippen molar-refractivity contribution in [1.82, 2.24) is 0 Å². The molecule has 5 rings (SSSR count). The van der Waals surface area contributed by atoms with Crippen molar-refractivity contribution in [3.63, 3.8) is 0 Å². The maximum atomic E-state index is 12.8. The Bertz CT molecular complexity index is 441. The molecule has 18 heavy (non-hydrogen) atoms. The lowest BCUT2D eigenvalue weighted by Crippen LogP contribution is -2.50. The Hall–Kier alpha value is -1.18. The summed E-state index contributed by atoms with van der Waals surface area (Å²) in [5.41, 5.74) is 0. The maximum absolute atomic E-state index is 12.8. The van der Waals surface area contributed by atoms with Gasteiger partial charge in [0.15, 0.2) is 0 Å². The molecule has 3 fully saturated rings. The van der Waals surface area contributed by atoms with E-state index in [0.717, 1.165) is 12.8 Å². The maximum Gasteiger partial charge on any atom is 0.141 e. The molecule has 0 unspecified atom stereocenters. The lowest BCUT2D eigenvalue weighted by molar-refractivity contribution is -0.148. The fraction of sp³-hybridized carbons (Fsp3) is 0.625. The van der Waals surface area contributed by atoms with E-state index in [1.54, 1.807) is 0 Å². The molecule has 2 nitrogen and oxygen atoms in total. The highest BCUT2D eigenvalue weighted by Gasteiger charge is 2.63. The van der Waals surface area contributed by atoms with Crippen LogP contribution in [0.25, 0.3) is 0 Å². The van der Waals surface area contributed by atoms with Gasteiger partial charge in [0.05, 0.1) is 0 Å². The molecular weight excluding hydrogens is 224 g/mol. The number of ketones is 2. The standard InChI is InChI=1S/C16H16O2/c17-15-11-7-1-2-8(5-7)12(11)16(18)14-10-4-3-9(6-10)13(14)15/h1-4,7-14H,5-6H2/t7-,8-,9-,10-,11-,12-,13-,14+/m1/s1. The van der Waals surface area contributed by atoms with Gasteiger partial charge in [-0.2, -0.15) is 0 Å². The zero-order valence-electron chi connectivity index (χ0n) is 10.2. The van der Waals surface area contributed by atoms with Crippen LogP contribution < -0.4 is 0 Å². The summed E-state index contributed by atoms with van der Waals surface area (Å²) in [6.45, 7) is 0. The van der Waals surface area contributed by atoms with Crippen molar-refractivity contribution in [2.24, 2.45) is 47.3 Å². The predicted octanol–water partition coefficient (Wildman–Crippen LogP) is 2.01. The number of Topliss-reactive ketones (excluding diaryl/α,β-unsaturated/α-hetero) is 2. The van der Waals surface area contributed by atoms with E-state index >= 15 is 0 Å². The number of hydrogen-bond acceptors (Lipinski definition) is 2. The molecule has 0 radical (unpaired) electrons. The lowest BCUT2D eigenvalue weighted by Gasteiger charge is -2.40. The number of carbonyl (C=O) groups is 2. The van der Waals surface area contributed by atoms with Crippen LogP contribution in [0.3, 0.4) is 0 Å². The van der Waals surface area contributed by atoms with E-state index in [1.165, 1.54) is 0 Å². The smallest absolute Gasteiger partial charge is 0.141 e. The van der Waals surface area contributed by atoms with E-state index in [9.17, 15) is 9.59 Å². The Kier molecular flexibility index (Phi) is 1.55. The van der Waals surface area contributed by atoms with Crippen molar-refractivity contribution in [1.29, 1.82) is 0 Å². The van der Waals surface area contributed by atoms with Gasteiger partial charge >= 0.3 is 0 Å². The first-order valence-electron chi connectivity index (χ1n) is 7.20. The second-order valence-corrected chi connectivity index (χ2v) is 6.80. The van der Waals surface area contributed by atoms with Crippen LogP contribution in [0.4, 0.5) is 0 Å². The monoisotopic (exact) mass is 240 g/mol. The first-order chi connectivity index (χ1) is 8.75. The highest BCUT2D eigenvalue weighted by molar-refractivity contribution is 6.02. The van der Waals surface area contributed by atoms with Crippen LogP contribution in [0.15, 0.2) is 24.3 Å². The zero-order chi connectivity index (χ0) is 12.0. The van der Waals surface area contributed by atoms with Gasteiger partial charge in [0.2, 0.25) is 0 Å². The van der Waals surface area contributed by atoms with Gasteiger partial charge < -0.3 is 0 Å². The minimum absolute atomic E-state index is 0.0431. The normalized spacial score (nSPS) is 58.4. The summed E-state index contributed by atoms with van der Waals surface area (Å²) in [5, 5.41) is 0. The molecule has 0 aromatic carbocycles. The molecule has 0 aromatic rings. The van der Waals surface area contributed by atoms with Gasteiger partial charge in [-0.25, -0.2) is 0 Å². The van der Waals surface area contributed by atoms with Crippen molar-refractivity contribution in [3.8, 4) is 0 Å². The topological polar surface area (TPSA) is 34.1 Å². The van der Waals surface area contributed by atoms with Crippen LogP contribution in [-0.2, 0) is 9.59 Å². The second-order valence-electron chi connectivity index (χ2n) is 6.80. The molecule has 0 aromatic heterocycles. The molecule has 3 saturated carbocycles. The molecule has 5 aliphatic rings. The summed E-state index contributed by atoms with van der Waals surface area (Å²) in [6, 6.07) is 0. The van der Waals surface area contributed by atoms with Crippen LogP contribution in [0.2, 0.25) is 0 Å². The Morgan fingerprint density at radius 2 is 0.889 bits per heavy atom. The first-order valence-corrected chi connectivity index (χ1v) is 7.20. The average molecular weight is 240 g/mol. The second kappa shape index (κ2) is 2.87. The van der Waals surface area contributed by atoms with Crippen LogP contribution in [0.5, 0.6) is 0 Å². The molecule has 2 heteroatoms. The predicted molar refractivity (Wildman–Crippen MR) is 65.4 cm³/mol. The molecule has 0 spiro atoms. The number of allylic oxidation sites excluding steroid dienone is 4. The van der Waals surface area contributed by atoms with Gasteiger partial charge in [-0.05, 0) is 36.5 Å². The Morgan fingerprint density at radius 3 is 1.17 bits per heavy atom. The highest BCUT2D eigenvalue weighted by Crippen LogP contribution is 2.60. The number of fused-ring (bicyclic) bond motifs is 10. The zero-order valence-corrected chi connectivity index (χ0v) is 10.2. The number of carbonyl (C=O) groups excluding carboxylic acids is 2. The fourth-order valence-corrected chi connectivity index (χ4v) is 5.64. The quantitative estimate of drug-likeness (QED) is 0.607. The van der Waals surface area contributed by atoms with E-state index in [0.29, 0.717) is 35.2 Å². The van der Waals surface area contributed by atoms with Crippen LogP contribution in [0, 0.1) is 47.3 Å². The fourth-order valence-electron chi connectivity index (χ4n) is 5.64. The third kappa shape index (κ3) is 0.877. The summed E-state index contributed by atoms with van der Waals surface area (Å²) in [7, 11) is 0. The van der Waals surface area contributed by atoms with Crippen LogP contribution >= 0.6 is 0 Å². The van der Waals surface area contributed by atoms with Crippen LogP contribution in [-0.4, -0.2) is 11.6 Å². The van der Waals surface area contributed by atoms with Crippen molar-refractivity contribution >= 4 is 11.6 Å². The van der Waals surface area contributed by atoms with E-state index in [4.69, 9.17) is 0 Å². The summed E-state index contributed by atoms with van der Waals surface area (Å²) in [6.07, 6.45) is 10.9. The van der Waals surface area contributed by atoms with Crippen molar-refractivity contribution in [3.05, 3.63) is 24.3 Å². The molecule has 0 heterocycles. The molecule has 0 N–H and O–H groups in total. The van der Waals surface area contributed by atoms with E-state index in [2.05, 4.69) is 24.3 Å². The Labute approximate surface area is 106 Å². The molecule has 0 saturated heterocycles. The molecule has 4 bridgehead atoms. The SMILES string of the molecule is O=C1[C@@H]2[C@H](C(=O)[C@H]3[C@H]1[C@@H]1C=C[C@@H]3C1)[C@@H]1C=C[C@@H]2C1. The van der Waals surface area contributed by atoms with Crippen molar-refractivity contribution in [2.45, 2.75) is 12.8 Å². The summed E-state index contributed by atoms with van der Waals surface area (Å²) >= 11 is 0. The van der Waals surface area contributed by atoms with E-state index in [1.807, 2.05) is 0 Å². The van der Waals surface area contributed by atoms with Gasteiger partial charge in [0.1, 0.15) is 11.6 Å². The molecule has 0 aliphatic heterocycles. The van der Waals surface area contributed by atoms with E-state index in [-0.39, 0.29) is 23.7 Å². The van der Waals surface area contributed by atoms with Crippen molar-refractivity contribution < 1.29 is 9.59 Å². The Morgan fingerprint density at radius 1 is 0.611 bits per heavy atom. The average Bonchev–Trinajstić information content (AvgIpc) is 3.10. The first kappa shape index (κ1) is 9.71. The molecule has 8 atom stereocenters. The summed E-state index contributed by atoms with van der Waals surface area (Å²) in [4.78, 5) is 25.6. The van der Waals surface area contributed by atoms with Gasteiger partial charge in [0.25, 0.3) is 0 Å². The third-order valence-electron chi connectivity index (χ3n) is 6.23. The molecule has 0 amide bonds. The largest absolute Gasteiger partial charge is 0.299 e. The minimum atomic E-state index is 0.0431. The van der Waals surface area contributed by atoms with Gasteiger partial charge in [-0.15, -0.1) is 0 Å². The minimum Gasteiger partial charge on any atom is -0.299 e. The number of hydrogen-bond donors (Lipinski definition) is 0. The third-order valence-corrected chi connectivity index (χ3v) is 6.23. The molecule has 5 aliphatic carbocycles. The summed E-state index contributed by atoms with van der Waals surface area (Å²) in [5.74, 6) is 2.53. The van der Waals surface area contributed by atoms with Gasteiger partial charge in [-0.3, -0.25) is 9.59 Å². The van der Waals surface area contributed by atoms with Crippen molar-refractivity contribution in [2.75, 3.05) is 0 Å². The van der Waals surface area contributed by atoms with E-state index < -0.39 is 0 Å². The van der Waals surface area contributed by atoms with Gasteiger partial charge in [-0.1, -0.05) is 24.3 Å². The number of rotatable bonds is 0. The summed E-state index contributed by atoms with van der Waals surface area (Å²) < 4.78 is 0. The Balaban J connectivity index is 1.65. The molecule has 92 valence electrons. The van der Waals surface area contributed by atoms with Gasteiger partial charge in [0, 0.05) is 23.7 Å². The highest BCUT2D eigenvalue weighted by atomic mass is 16.1.